The summed E-state index contributed by atoms with van der Waals surface area (Å²) in [4.78, 5) is 24.5. The Bertz CT molecular complexity index is 493. The predicted molar refractivity (Wildman–Crippen MR) is 73.8 cm³/mol. The van der Waals surface area contributed by atoms with Crippen molar-refractivity contribution < 1.29 is 14.0 Å². The van der Waals surface area contributed by atoms with Gasteiger partial charge in [0, 0.05) is 13.1 Å². The van der Waals surface area contributed by atoms with Crippen molar-refractivity contribution in [3.05, 3.63) is 0 Å². The molecule has 2 bridgehead atoms. The Morgan fingerprint density at radius 3 is 2.33 bits per heavy atom. The van der Waals surface area contributed by atoms with E-state index in [0.29, 0.717) is 6.54 Å². The van der Waals surface area contributed by atoms with Crippen molar-refractivity contribution in [1.29, 1.82) is 0 Å². The molecule has 6 atom stereocenters. The number of halogens is 1. The van der Waals surface area contributed by atoms with Crippen LogP contribution < -0.4 is 16.4 Å². The number of hydrogen-bond donors (Lipinski definition) is 3. The standard InChI is InChI=1S/C15H22FN3O2/c16-9-5-18-6-10(9)19-14(21)12-8-2-1-7(11(12)13(17)20)15(8)3-4-15/h7-12,18H,1-6H2,(H2,17,20)(H,19,21)/t7?,8?,9-,10-,11?,12?/m1/s1. The van der Waals surface area contributed by atoms with Gasteiger partial charge in [-0.3, -0.25) is 9.59 Å². The van der Waals surface area contributed by atoms with E-state index in [1.54, 1.807) is 0 Å². The average molecular weight is 295 g/mol. The summed E-state index contributed by atoms with van der Waals surface area (Å²) < 4.78 is 13.7. The molecule has 0 aromatic heterocycles. The minimum Gasteiger partial charge on any atom is -0.369 e. The van der Waals surface area contributed by atoms with Crippen LogP contribution in [-0.4, -0.2) is 37.1 Å². The van der Waals surface area contributed by atoms with Gasteiger partial charge in [0.25, 0.3) is 0 Å². The lowest BCUT2D eigenvalue weighted by molar-refractivity contribution is -0.136. The Kier molecular flexibility index (Phi) is 2.83. The number of rotatable bonds is 3. The zero-order chi connectivity index (χ0) is 14.8. The summed E-state index contributed by atoms with van der Waals surface area (Å²) in [6, 6.07) is -0.472. The summed E-state index contributed by atoms with van der Waals surface area (Å²) in [6.07, 6.45) is 3.21. The lowest BCUT2D eigenvalue weighted by atomic mass is 9.78. The van der Waals surface area contributed by atoms with Crippen LogP contribution in [0.5, 0.6) is 0 Å². The zero-order valence-corrected chi connectivity index (χ0v) is 12.0. The van der Waals surface area contributed by atoms with E-state index in [-0.39, 0.29) is 47.4 Å². The van der Waals surface area contributed by atoms with Crippen molar-refractivity contribution >= 4 is 11.8 Å². The topological polar surface area (TPSA) is 84.2 Å². The lowest BCUT2D eigenvalue weighted by Crippen LogP contribution is -2.49. The molecule has 0 aromatic carbocycles. The minimum absolute atomic E-state index is 0.159. The van der Waals surface area contributed by atoms with Crippen LogP contribution in [0, 0.1) is 29.1 Å². The highest BCUT2D eigenvalue weighted by atomic mass is 19.1. The van der Waals surface area contributed by atoms with E-state index < -0.39 is 12.2 Å². The van der Waals surface area contributed by atoms with E-state index in [4.69, 9.17) is 5.73 Å². The molecule has 2 amide bonds. The molecule has 1 heterocycles. The molecule has 21 heavy (non-hydrogen) atoms. The van der Waals surface area contributed by atoms with Crippen molar-refractivity contribution in [2.75, 3.05) is 13.1 Å². The smallest absolute Gasteiger partial charge is 0.224 e. The number of nitrogens with one attached hydrogen (secondary N) is 2. The van der Waals surface area contributed by atoms with Crippen LogP contribution >= 0.6 is 0 Å². The monoisotopic (exact) mass is 295 g/mol. The average Bonchev–Trinajstić information content (AvgIpc) is 2.95. The van der Waals surface area contributed by atoms with Gasteiger partial charge in [-0.25, -0.2) is 4.39 Å². The van der Waals surface area contributed by atoms with Crippen molar-refractivity contribution in [2.24, 2.45) is 34.8 Å². The van der Waals surface area contributed by atoms with Gasteiger partial charge in [-0.2, -0.15) is 0 Å². The molecule has 0 aromatic rings. The van der Waals surface area contributed by atoms with Crippen LogP contribution in [0.15, 0.2) is 0 Å². The zero-order valence-electron chi connectivity index (χ0n) is 12.0. The van der Waals surface area contributed by atoms with Crippen molar-refractivity contribution in [2.45, 2.75) is 37.9 Å². The van der Waals surface area contributed by atoms with Gasteiger partial charge in [-0.1, -0.05) is 0 Å². The Morgan fingerprint density at radius 1 is 1.14 bits per heavy atom. The molecule has 0 radical (unpaired) electrons. The third kappa shape index (κ3) is 1.77. The largest absolute Gasteiger partial charge is 0.369 e. The fourth-order valence-electron chi connectivity index (χ4n) is 5.46. The first-order valence-electron chi connectivity index (χ1n) is 7.99. The molecule has 4 aliphatic rings. The van der Waals surface area contributed by atoms with Crippen LogP contribution in [0.1, 0.15) is 25.7 Å². The van der Waals surface area contributed by atoms with Crippen LogP contribution in [0.4, 0.5) is 4.39 Å². The van der Waals surface area contributed by atoms with Gasteiger partial charge in [0.15, 0.2) is 0 Å². The maximum absolute atomic E-state index is 13.7. The van der Waals surface area contributed by atoms with Crippen molar-refractivity contribution in [3.8, 4) is 0 Å². The lowest BCUT2D eigenvalue weighted by Gasteiger charge is -2.29. The highest BCUT2D eigenvalue weighted by Crippen LogP contribution is 2.74. The molecular weight excluding hydrogens is 273 g/mol. The van der Waals surface area contributed by atoms with E-state index in [0.717, 1.165) is 25.7 Å². The summed E-state index contributed by atoms with van der Waals surface area (Å²) in [5.41, 5.74) is 5.79. The first-order valence-corrected chi connectivity index (χ1v) is 7.99. The van der Waals surface area contributed by atoms with Gasteiger partial charge < -0.3 is 16.4 Å². The van der Waals surface area contributed by atoms with E-state index in [2.05, 4.69) is 10.6 Å². The molecule has 4 N–H and O–H groups in total. The molecule has 4 unspecified atom stereocenters. The maximum atomic E-state index is 13.7. The van der Waals surface area contributed by atoms with E-state index in [1.807, 2.05) is 0 Å². The Labute approximate surface area is 123 Å². The molecule has 1 saturated heterocycles. The van der Waals surface area contributed by atoms with E-state index >= 15 is 0 Å². The predicted octanol–water partition coefficient (Wildman–Crippen LogP) is -0.0498. The van der Waals surface area contributed by atoms with Crippen LogP contribution in [-0.2, 0) is 9.59 Å². The van der Waals surface area contributed by atoms with Gasteiger partial charge in [0.2, 0.25) is 11.8 Å². The second-order valence-corrected chi connectivity index (χ2v) is 7.27. The molecule has 116 valence electrons. The van der Waals surface area contributed by atoms with Crippen LogP contribution in [0.2, 0.25) is 0 Å². The summed E-state index contributed by atoms with van der Waals surface area (Å²) in [5.74, 6) is -0.648. The van der Waals surface area contributed by atoms with Gasteiger partial charge in [-0.15, -0.1) is 0 Å². The molecule has 1 spiro atoms. The molecule has 1 aliphatic heterocycles. The summed E-state index contributed by atoms with van der Waals surface area (Å²) in [6.45, 7) is 0.741. The third-order valence-electron chi connectivity index (χ3n) is 6.45. The maximum Gasteiger partial charge on any atom is 0.224 e. The van der Waals surface area contributed by atoms with Crippen LogP contribution in [0.3, 0.4) is 0 Å². The molecule has 3 saturated carbocycles. The highest BCUT2D eigenvalue weighted by molar-refractivity contribution is 5.89. The number of amides is 2. The van der Waals surface area contributed by atoms with Crippen molar-refractivity contribution in [1.82, 2.24) is 10.6 Å². The molecular formula is C15H22FN3O2. The molecule has 4 rings (SSSR count). The Balaban J connectivity index is 1.55. The quantitative estimate of drug-likeness (QED) is 0.682. The summed E-state index contributed by atoms with van der Waals surface area (Å²) >= 11 is 0. The second-order valence-electron chi connectivity index (χ2n) is 7.27. The number of carbonyl (C=O) groups is 2. The number of nitrogens with two attached hydrogens (primary N) is 1. The normalized spacial score (nSPS) is 46.0. The SMILES string of the molecule is NC(=O)C1C(C(=O)N[C@@H]2CNC[C@H]2F)C2CCC1C21CC1. The second kappa shape index (κ2) is 4.41. The number of carbonyl (C=O) groups excluding carboxylic acids is 2. The Hall–Kier alpha value is -1.17. The van der Waals surface area contributed by atoms with Gasteiger partial charge >= 0.3 is 0 Å². The fourth-order valence-corrected chi connectivity index (χ4v) is 5.46. The minimum atomic E-state index is -1.05. The summed E-state index contributed by atoms with van der Waals surface area (Å²) in [7, 11) is 0. The summed E-state index contributed by atoms with van der Waals surface area (Å²) in [5, 5.41) is 5.75. The fraction of sp³-hybridized carbons (Fsp3) is 0.867. The third-order valence-corrected chi connectivity index (χ3v) is 6.45. The number of alkyl halides is 1. The van der Waals surface area contributed by atoms with E-state index in [1.165, 1.54) is 0 Å². The van der Waals surface area contributed by atoms with Crippen LogP contribution in [0.25, 0.3) is 0 Å². The molecule has 6 heteroatoms. The number of hydrogen-bond acceptors (Lipinski definition) is 3. The highest BCUT2D eigenvalue weighted by Gasteiger charge is 2.71. The molecule has 4 fully saturated rings. The molecule has 5 nitrogen and oxygen atoms in total. The van der Waals surface area contributed by atoms with Gasteiger partial charge in [0.05, 0.1) is 17.9 Å². The molecule has 3 aliphatic carbocycles. The van der Waals surface area contributed by atoms with Gasteiger partial charge in [-0.05, 0) is 42.9 Å². The first kappa shape index (κ1) is 13.5. The van der Waals surface area contributed by atoms with Gasteiger partial charge in [0.1, 0.15) is 6.17 Å². The number of primary amides is 1. The van der Waals surface area contributed by atoms with Crippen molar-refractivity contribution in [3.63, 3.8) is 0 Å². The van der Waals surface area contributed by atoms with E-state index in [9.17, 15) is 14.0 Å². The Morgan fingerprint density at radius 2 is 1.81 bits per heavy atom. The first-order chi connectivity index (χ1) is 10.0.